The summed E-state index contributed by atoms with van der Waals surface area (Å²) in [4.78, 5) is 5.07. The molecule has 1 aromatic heterocycles. The normalized spacial score (nSPS) is 34.8. The summed E-state index contributed by atoms with van der Waals surface area (Å²) >= 11 is 1.57. The SMILES string of the molecule is CC1CCCC(O)(c2cncs2)C1. The zero-order chi connectivity index (χ0) is 9.31. The second kappa shape index (κ2) is 3.39. The van der Waals surface area contributed by atoms with Crippen molar-refractivity contribution in [3.63, 3.8) is 0 Å². The van der Waals surface area contributed by atoms with Crippen LogP contribution in [0.1, 0.15) is 37.5 Å². The van der Waals surface area contributed by atoms with Crippen LogP contribution >= 0.6 is 11.3 Å². The summed E-state index contributed by atoms with van der Waals surface area (Å²) in [6.45, 7) is 2.21. The molecule has 1 fully saturated rings. The fourth-order valence-corrected chi connectivity index (χ4v) is 2.95. The first-order valence-electron chi connectivity index (χ1n) is 4.82. The van der Waals surface area contributed by atoms with Crippen LogP contribution in [0.25, 0.3) is 0 Å². The maximum Gasteiger partial charge on any atom is 0.101 e. The molecule has 1 aliphatic rings. The van der Waals surface area contributed by atoms with Crippen LogP contribution in [0.2, 0.25) is 0 Å². The number of aliphatic hydroxyl groups is 1. The van der Waals surface area contributed by atoms with Gasteiger partial charge in [0.1, 0.15) is 5.60 Å². The Balaban J connectivity index is 2.20. The molecule has 2 atom stereocenters. The van der Waals surface area contributed by atoms with Crippen molar-refractivity contribution in [2.75, 3.05) is 0 Å². The van der Waals surface area contributed by atoms with Gasteiger partial charge >= 0.3 is 0 Å². The average molecular weight is 197 g/mol. The second-order valence-corrected chi connectivity index (χ2v) is 4.99. The van der Waals surface area contributed by atoms with Crippen LogP contribution < -0.4 is 0 Å². The lowest BCUT2D eigenvalue weighted by atomic mass is 9.78. The standard InChI is InChI=1S/C10H15NOS/c1-8-3-2-4-10(12,5-8)9-6-11-7-13-9/h6-8,12H,2-5H2,1H3. The maximum atomic E-state index is 10.4. The van der Waals surface area contributed by atoms with E-state index in [0.29, 0.717) is 5.92 Å². The summed E-state index contributed by atoms with van der Waals surface area (Å²) in [7, 11) is 0. The molecule has 2 rings (SSSR count). The Morgan fingerprint density at radius 1 is 1.69 bits per heavy atom. The third kappa shape index (κ3) is 1.76. The molecule has 2 nitrogen and oxygen atoms in total. The number of hydrogen-bond acceptors (Lipinski definition) is 3. The summed E-state index contributed by atoms with van der Waals surface area (Å²) in [5.41, 5.74) is 1.23. The van der Waals surface area contributed by atoms with E-state index < -0.39 is 5.60 Å². The van der Waals surface area contributed by atoms with E-state index in [4.69, 9.17) is 0 Å². The summed E-state index contributed by atoms with van der Waals surface area (Å²) < 4.78 is 0. The van der Waals surface area contributed by atoms with E-state index in [-0.39, 0.29) is 0 Å². The Hall–Kier alpha value is -0.410. The molecule has 72 valence electrons. The van der Waals surface area contributed by atoms with Gasteiger partial charge in [-0.2, -0.15) is 0 Å². The molecule has 1 saturated carbocycles. The lowest BCUT2D eigenvalue weighted by molar-refractivity contribution is -0.0147. The molecule has 0 bridgehead atoms. The molecule has 0 aliphatic heterocycles. The van der Waals surface area contributed by atoms with Crippen molar-refractivity contribution in [2.45, 2.75) is 38.2 Å². The molecule has 0 radical (unpaired) electrons. The Kier molecular flexibility index (Phi) is 2.39. The molecule has 3 heteroatoms. The monoisotopic (exact) mass is 197 g/mol. The number of nitrogens with zero attached hydrogens (tertiary/aromatic N) is 1. The van der Waals surface area contributed by atoms with Gasteiger partial charge < -0.3 is 5.11 Å². The lowest BCUT2D eigenvalue weighted by Gasteiger charge is -2.34. The summed E-state index contributed by atoms with van der Waals surface area (Å²) in [5.74, 6) is 0.640. The molecule has 0 aromatic carbocycles. The smallest absolute Gasteiger partial charge is 0.101 e. The fourth-order valence-electron chi connectivity index (χ4n) is 2.19. The van der Waals surface area contributed by atoms with Crippen LogP contribution in [0.15, 0.2) is 11.7 Å². The first-order chi connectivity index (χ1) is 6.21. The van der Waals surface area contributed by atoms with Crippen LogP contribution in [0.4, 0.5) is 0 Å². The molecule has 2 unspecified atom stereocenters. The lowest BCUT2D eigenvalue weighted by Crippen LogP contribution is -2.30. The van der Waals surface area contributed by atoms with Crippen LogP contribution in [-0.2, 0) is 5.60 Å². The second-order valence-electron chi connectivity index (χ2n) is 4.10. The van der Waals surface area contributed by atoms with Crippen LogP contribution in [0.3, 0.4) is 0 Å². The molecule has 0 spiro atoms. The molecular weight excluding hydrogens is 182 g/mol. The number of rotatable bonds is 1. The fraction of sp³-hybridized carbons (Fsp3) is 0.700. The van der Waals surface area contributed by atoms with Crippen molar-refractivity contribution < 1.29 is 5.11 Å². The average Bonchev–Trinajstić information content (AvgIpc) is 2.55. The summed E-state index contributed by atoms with van der Waals surface area (Å²) in [5, 5.41) is 10.4. The maximum absolute atomic E-state index is 10.4. The van der Waals surface area contributed by atoms with E-state index in [9.17, 15) is 5.11 Å². The zero-order valence-electron chi connectivity index (χ0n) is 7.86. The third-order valence-corrected chi connectivity index (χ3v) is 3.83. The van der Waals surface area contributed by atoms with Gasteiger partial charge in [-0.15, -0.1) is 11.3 Å². The van der Waals surface area contributed by atoms with Gasteiger partial charge in [-0.25, -0.2) is 0 Å². The number of aromatic nitrogens is 1. The number of thiazole rings is 1. The highest BCUT2D eigenvalue weighted by atomic mass is 32.1. The van der Waals surface area contributed by atoms with Crippen molar-refractivity contribution in [3.05, 3.63) is 16.6 Å². The Bertz CT molecular complexity index is 272. The van der Waals surface area contributed by atoms with Gasteiger partial charge in [0.15, 0.2) is 0 Å². The van der Waals surface area contributed by atoms with Crippen molar-refractivity contribution >= 4 is 11.3 Å². The first kappa shape index (κ1) is 9.16. The molecule has 1 aliphatic carbocycles. The highest BCUT2D eigenvalue weighted by molar-refractivity contribution is 7.09. The van der Waals surface area contributed by atoms with Crippen molar-refractivity contribution in [3.8, 4) is 0 Å². The predicted octanol–water partition coefficient (Wildman–Crippen LogP) is 2.54. The molecule has 1 aromatic rings. The van der Waals surface area contributed by atoms with Gasteiger partial charge in [-0.05, 0) is 25.2 Å². The summed E-state index contributed by atoms with van der Waals surface area (Å²) in [6.07, 6.45) is 5.99. The highest BCUT2D eigenvalue weighted by Gasteiger charge is 2.35. The van der Waals surface area contributed by atoms with Crippen LogP contribution in [-0.4, -0.2) is 10.1 Å². The van der Waals surface area contributed by atoms with Crippen molar-refractivity contribution in [1.82, 2.24) is 4.98 Å². The molecule has 1 heterocycles. The van der Waals surface area contributed by atoms with E-state index in [0.717, 1.165) is 24.1 Å². The van der Waals surface area contributed by atoms with Crippen molar-refractivity contribution in [2.24, 2.45) is 5.92 Å². The van der Waals surface area contributed by atoms with Gasteiger partial charge in [0.05, 0.1) is 10.4 Å². The van der Waals surface area contributed by atoms with Gasteiger partial charge in [-0.3, -0.25) is 4.98 Å². The quantitative estimate of drug-likeness (QED) is 0.750. The minimum Gasteiger partial charge on any atom is -0.384 e. The molecule has 1 N–H and O–H groups in total. The summed E-state index contributed by atoms with van der Waals surface area (Å²) in [6, 6.07) is 0. The van der Waals surface area contributed by atoms with E-state index >= 15 is 0 Å². The molecule has 0 saturated heterocycles. The zero-order valence-corrected chi connectivity index (χ0v) is 8.68. The van der Waals surface area contributed by atoms with Crippen LogP contribution in [0.5, 0.6) is 0 Å². The van der Waals surface area contributed by atoms with Gasteiger partial charge in [0, 0.05) is 6.20 Å². The van der Waals surface area contributed by atoms with E-state index in [1.165, 1.54) is 6.42 Å². The molecule has 0 amide bonds. The third-order valence-electron chi connectivity index (χ3n) is 2.86. The number of hydrogen-bond donors (Lipinski definition) is 1. The van der Waals surface area contributed by atoms with Gasteiger partial charge in [0.25, 0.3) is 0 Å². The van der Waals surface area contributed by atoms with Crippen LogP contribution in [0, 0.1) is 5.92 Å². The first-order valence-corrected chi connectivity index (χ1v) is 5.70. The Labute approximate surface area is 82.6 Å². The Morgan fingerprint density at radius 2 is 2.54 bits per heavy atom. The highest BCUT2D eigenvalue weighted by Crippen LogP contribution is 2.40. The molecule has 13 heavy (non-hydrogen) atoms. The Morgan fingerprint density at radius 3 is 3.15 bits per heavy atom. The van der Waals surface area contributed by atoms with E-state index in [1.807, 2.05) is 6.20 Å². The van der Waals surface area contributed by atoms with E-state index in [1.54, 1.807) is 16.8 Å². The molecular formula is C10H15NOS. The minimum atomic E-state index is -0.571. The predicted molar refractivity (Wildman–Crippen MR) is 53.6 cm³/mol. The van der Waals surface area contributed by atoms with Gasteiger partial charge in [-0.1, -0.05) is 13.3 Å². The minimum absolute atomic E-state index is 0.571. The van der Waals surface area contributed by atoms with E-state index in [2.05, 4.69) is 11.9 Å². The topological polar surface area (TPSA) is 33.1 Å². The van der Waals surface area contributed by atoms with Crippen molar-refractivity contribution in [1.29, 1.82) is 0 Å². The largest absolute Gasteiger partial charge is 0.384 e. The van der Waals surface area contributed by atoms with Gasteiger partial charge in [0.2, 0.25) is 0 Å².